The van der Waals surface area contributed by atoms with Gasteiger partial charge in [0.15, 0.2) is 0 Å². The highest BCUT2D eigenvalue weighted by atomic mass is 19.1. The fraction of sp³-hybridized carbons (Fsp3) is 0.579. The first-order valence-corrected chi connectivity index (χ1v) is 8.85. The summed E-state index contributed by atoms with van der Waals surface area (Å²) in [6.07, 6.45) is 1.06. The van der Waals surface area contributed by atoms with Gasteiger partial charge in [-0.15, -0.1) is 0 Å². The van der Waals surface area contributed by atoms with Crippen LogP contribution in [0.4, 0.5) is 13.2 Å². The highest BCUT2D eigenvalue weighted by molar-refractivity contribution is 5.70. The first kappa shape index (κ1) is 18.3. The standard InChI is InChI=1S/C19H26F3N3/c1-11(2)17-18(12-7-14(21)9-15(22)8-12)24(3)25(4)19(17)23-16-6-5-13(20)10-16/h7-9,11,13,16,19,23H,5-6,10H2,1-4H3/t13-,16+,19?/m1/s1. The van der Waals surface area contributed by atoms with Crippen LogP contribution >= 0.6 is 0 Å². The molecule has 6 heteroatoms. The number of halogens is 3. The summed E-state index contributed by atoms with van der Waals surface area (Å²) < 4.78 is 41.0. The predicted octanol–water partition coefficient (Wildman–Crippen LogP) is 3.93. The maximum Gasteiger partial charge on any atom is 0.126 e. The van der Waals surface area contributed by atoms with Crippen molar-refractivity contribution in [3.05, 3.63) is 41.0 Å². The minimum Gasteiger partial charge on any atom is -0.307 e. The van der Waals surface area contributed by atoms with Crippen molar-refractivity contribution >= 4 is 5.70 Å². The van der Waals surface area contributed by atoms with E-state index in [1.54, 1.807) is 0 Å². The van der Waals surface area contributed by atoms with E-state index >= 15 is 0 Å². The van der Waals surface area contributed by atoms with E-state index < -0.39 is 17.8 Å². The minimum atomic E-state index is -0.745. The third-order valence-corrected chi connectivity index (χ3v) is 5.26. The van der Waals surface area contributed by atoms with Gasteiger partial charge in [0, 0.05) is 31.8 Å². The summed E-state index contributed by atoms with van der Waals surface area (Å²) in [7, 11) is 3.82. The second-order valence-corrected chi connectivity index (χ2v) is 7.39. The lowest BCUT2D eigenvalue weighted by Gasteiger charge is -2.32. The molecule has 0 aromatic heterocycles. The Morgan fingerprint density at radius 3 is 2.24 bits per heavy atom. The second kappa shape index (κ2) is 7.00. The highest BCUT2D eigenvalue weighted by Crippen LogP contribution is 2.38. The molecule has 3 nitrogen and oxygen atoms in total. The molecule has 1 aliphatic carbocycles. The van der Waals surface area contributed by atoms with Crippen molar-refractivity contribution in [1.82, 2.24) is 15.3 Å². The zero-order valence-electron chi connectivity index (χ0n) is 15.2. The van der Waals surface area contributed by atoms with Crippen LogP contribution in [0.25, 0.3) is 5.70 Å². The Morgan fingerprint density at radius 2 is 1.72 bits per heavy atom. The van der Waals surface area contributed by atoms with Crippen LogP contribution in [0.5, 0.6) is 0 Å². The Balaban J connectivity index is 1.99. The van der Waals surface area contributed by atoms with E-state index in [1.807, 2.05) is 24.1 Å². The van der Waals surface area contributed by atoms with Gasteiger partial charge < -0.3 is 5.01 Å². The van der Waals surface area contributed by atoms with E-state index in [1.165, 1.54) is 12.1 Å². The molecule has 3 rings (SSSR count). The van der Waals surface area contributed by atoms with Gasteiger partial charge in [0.2, 0.25) is 0 Å². The third-order valence-electron chi connectivity index (χ3n) is 5.26. The van der Waals surface area contributed by atoms with Crippen molar-refractivity contribution < 1.29 is 13.2 Å². The fourth-order valence-electron chi connectivity index (χ4n) is 3.98. The molecule has 0 radical (unpaired) electrons. The molecule has 2 aliphatic rings. The van der Waals surface area contributed by atoms with Crippen LogP contribution in [-0.4, -0.2) is 42.5 Å². The number of hydrogen-bond acceptors (Lipinski definition) is 3. The van der Waals surface area contributed by atoms with Gasteiger partial charge >= 0.3 is 0 Å². The zero-order valence-corrected chi connectivity index (χ0v) is 15.2. The first-order chi connectivity index (χ1) is 11.8. The number of likely N-dealkylation sites (N-methyl/N-ethyl adjacent to an activating group) is 1. The van der Waals surface area contributed by atoms with Crippen LogP contribution in [-0.2, 0) is 0 Å². The molecule has 1 N–H and O–H groups in total. The lowest BCUT2D eigenvalue weighted by Crippen LogP contribution is -2.49. The number of benzene rings is 1. The molecule has 1 saturated carbocycles. The summed E-state index contributed by atoms with van der Waals surface area (Å²) in [6, 6.07) is 3.72. The molecule has 3 atom stereocenters. The van der Waals surface area contributed by atoms with Crippen LogP contribution in [0.15, 0.2) is 23.8 Å². The molecule has 1 unspecified atom stereocenters. The first-order valence-electron chi connectivity index (χ1n) is 8.85. The molecule has 1 heterocycles. The lowest BCUT2D eigenvalue weighted by molar-refractivity contribution is 0.0575. The van der Waals surface area contributed by atoms with Crippen LogP contribution in [0.3, 0.4) is 0 Å². The van der Waals surface area contributed by atoms with Gasteiger partial charge in [-0.05, 0) is 42.9 Å². The molecule has 1 aliphatic heterocycles. The molecular weight excluding hydrogens is 327 g/mol. The Kier molecular flexibility index (Phi) is 5.11. The Hall–Kier alpha value is -1.53. The van der Waals surface area contributed by atoms with E-state index in [2.05, 4.69) is 19.2 Å². The topological polar surface area (TPSA) is 18.5 Å². The van der Waals surface area contributed by atoms with Gasteiger partial charge in [-0.2, -0.15) is 0 Å². The normalized spacial score (nSPS) is 27.8. The summed E-state index contributed by atoms with van der Waals surface area (Å²) in [5.74, 6) is -1.00. The summed E-state index contributed by atoms with van der Waals surface area (Å²) in [5.41, 5.74) is 2.40. The number of alkyl halides is 1. The van der Waals surface area contributed by atoms with Crippen molar-refractivity contribution in [1.29, 1.82) is 0 Å². The maximum atomic E-state index is 13.7. The smallest absolute Gasteiger partial charge is 0.126 e. The highest BCUT2D eigenvalue weighted by Gasteiger charge is 2.39. The van der Waals surface area contributed by atoms with Crippen molar-refractivity contribution in [2.75, 3.05) is 14.1 Å². The van der Waals surface area contributed by atoms with Crippen LogP contribution in [0.2, 0.25) is 0 Å². The molecule has 1 aromatic rings. The minimum absolute atomic E-state index is 0.110. The summed E-state index contributed by atoms with van der Waals surface area (Å²) in [4.78, 5) is 0. The predicted molar refractivity (Wildman–Crippen MR) is 93.1 cm³/mol. The number of nitrogens with one attached hydrogen (secondary N) is 1. The molecule has 25 heavy (non-hydrogen) atoms. The summed E-state index contributed by atoms with van der Waals surface area (Å²) >= 11 is 0. The average molecular weight is 353 g/mol. The molecule has 0 spiro atoms. The Morgan fingerprint density at radius 1 is 1.08 bits per heavy atom. The van der Waals surface area contributed by atoms with E-state index in [4.69, 9.17) is 0 Å². The molecule has 1 aromatic carbocycles. The SMILES string of the molecule is CC(C)C1=C(c2cc(F)cc(F)c2)N(C)N(C)C1N[C@H]1CC[C@@H](F)C1. The van der Waals surface area contributed by atoms with Gasteiger partial charge in [-0.3, -0.25) is 5.32 Å². The van der Waals surface area contributed by atoms with E-state index in [0.717, 1.165) is 23.8 Å². The van der Waals surface area contributed by atoms with Gasteiger partial charge in [-0.1, -0.05) is 13.8 Å². The van der Waals surface area contributed by atoms with E-state index in [9.17, 15) is 13.2 Å². The lowest BCUT2D eigenvalue weighted by atomic mass is 9.95. The Bertz CT molecular complexity index is 654. The van der Waals surface area contributed by atoms with Gasteiger partial charge in [-0.25, -0.2) is 18.2 Å². The molecular formula is C19H26F3N3. The molecule has 1 fully saturated rings. The number of nitrogens with zero attached hydrogens (tertiary/aromatic N) is 2. The van der Waals surface area contributed by atoms with Gasteiger partial charge in [0.25, 0.3) is 0 Å². The van der Waals surface area contributed by atoms with Crippen molar-refractivity contribution in [2.24, 2.45) is 5.92 Å². The largest absolute Gasteiger partial charge is 0.307 e. The van der Waals surface area contributed by atoms with E-state index in [-0.39, 0.29) is 18.1 Å². The molecule has 0 saturated heterocycles. The zero-order chi connectivity index (χ0) is 18.3. The Labute approximate surface area is 147 Å². The fourth-order valence-corrected chi connectivity index (χ4v) is 3.98. The number of hydrazine groups is 1. The maximum absolute atomic E-state index is 13.7. The molecule has 0 bridgehead atoms. The van der Waals surface area contributed by atoms with Gasteiger partial charge in [0.05, 0.1) is 5.70 Å². The van der Waals surface area contributed by atoms with Crippen molar-refractivity contribution in [3.63, 3.8) is 0 Å². The van der Waals surface area contributed by atoms with Crippen molar-refractivity contribution in [2.45, 2.75) is 51.5 Å². The molecule has 0 amide bonds. The quantitative estimate of drug-likeness (QED) is 0.885. The third kappa shape index (κ3) is 3.55. The number of rotatable bonds is 4. The van der Waals surface area contributed by atoms with Crippen LogP contribution in [0, 0.1) is 17.6 Å². The van der Waals surface area contributed by atoms with Crippen LogP contribution < -0.4 is 5.32 Å². The van der Waals surface area contributed by atoms with E-state index in [0.29, 0.717) is 18.4 Å². The summed E-state index contributed by atoms with van der Waals surface area (Å²) in [5, 5.41) is 7.48. The van der Waals surface area contributed by atoms with Crippen molar-refractivity contribution in [3.8, 4) is 0 Å². The average Bonchev–Trinajstić information content (AvgIpc) is 3.02. The van der Waals surface area contributed by atoms with Gasteiger partial charge in [0.1, 0.15) is 24.0 Å². The molecule has 138 valence electrons. The monoisotopic (exact) mass is 353 g/mol. The second-order valence-electron chi connectivity index (χ2n) is 7.39. The number of hydrogen-bond donors (Lipinski definition) is 1. The summed E-state index contributed by atoms with van der Waals surface area (Å²) in [6.45, 7) is 4.14. The van der Waals surface area contributed by atoms with Crippen LogP contribution in [0.1, 0.15) is 38.7 Å².